The summed E-state index contributed by atoms with van der Waals surface area (Å²) in [7, 11) is 0. The lowest BCUT2D eigenvalue weighted by Gasteiger charge is -2.16. The molecule has 0 unspecified atom stereocenters. The third-order valence-electron chi connectivity index (χ3n) is 3.37. The molecule has 0 fully saturated rings. The number of esters is 1. The highest BCUT2D eigenvalue weighted by Crippen LogP contribution is 2.19. The third kappa shape index (κ3) is 3.95. The fraction of sp³-hybridized carbons (Fsp3) is 0.375. The van der Waals surface area contributed by atoms with Crippen LogP contribution in [0.1, 0.15) is 24.8 Å². The Morgan fingerprint density at radius 1 is 1.30 bits per heavy atom. The summed E-state index contributed by atoms with van der Waals surface area (Å²) in [5, 5.41) is 2.74. The van der Waals surface area contributed by atoms with Crippen LogP contribution in [-0.4, -0.2) is 18.5 Å². The van der Waals surface area contributed by atoms with Gasteiger partial charge < -0.3 is 10.1 Å². The van der Waals surface area contributed by atoms with Gasteiger partial charge in [-0.3, -0.25) is 9.59 Å². The first-order valence-electron chi connectivity index (χ1n) is 6.84. The van der Waals surface area contributed by atoms with Crippen LogP contribution in [0.15, 0.2) is 36.4 Å². The molecule has 0 heterocycles. The van der Waals surface area contributed by atoms with Crippen LogP contribution in [0.4, 0.5) is 5.69 Å². The van der Waals surface area contributed by atoms with Gasteiger partial charge in [-0.1, -0.05) is 30.4 Å². The molecule has 1 N–H and O–H groups in total. The van der Waals surface area contributed by atoms with E-state index in [1.807, 2.05) is 37.3 Å². The maximum absolute atomic E-state index is 11.8. The van der Waals surface area contributed by atoms with Gasteiger partial charge >= 0.3 is 5.97 Å². The number of rotatable bonds is 4. The number of allylic oxidation sites excluding steroid dienone is 2. The molecule has 1 aliphatic rings. The number of amides is 1. The van der Waals surface area contributed by atoms with E-state index in [9.17, 15) is 9.59 Å². The SMILES string of the molecule is Cc1ccccc1NC(=O)COC(=O)[C@H]1CC=CCC1. The van der Waals surface area contributed by atoms with Crippen LogP contribution in [0.2, 0.25) is 0 Å². The number of hydrogen-bond donors (Lipinski definition) is 1. The second-order valence-electron chi connectivity index (χ2n) is 4.95. The minimum atomic E-state index is -0.306. The van der Waals surface area contributed by atoms with Crippen molar-refractivity contribution in [2.24, 2.45) is 5.92 Å². The molecule has 1 aromatic rings. The summed E-state index contributed by atoms with van der Waals surface area (Å²) in [6.45, 7) is 1.68. The Hall–Kier alpha value is -2.10. The van der Waals surface area contributed by atoms with E-state index in [4.69, 9.17) is 4.74 Å². The average molecular weight is 273 g/mol. The largest absolute Gasteiger partial charge is 0.455 e. The molecule has 20 heavy (non-hydrogen) atoms. The Kier molecular flexibility index (Phi) is 4.93. The molecule has 1 aromatic carbocycles. The lowest BCUT2D eigenvalue weighted by atomic mass is 9.95. The maximum atomic E-state index is 11.8. The molecule has 0 saturated carbocycles. The number of carbonyl (C=O) groups is 2. The number of hydrogen-bond acceptors (Lipinski definition) is 3. The van der Waals surface area contributed by atoms with Crippen LogP contribution in [0.5, 0.6) is 0 Å². The first-order valence-corrected chi connectivity index (χ1v) is 6.84. The zero-order chi connectivity index (χ0) is 14.4. The molecule has 1 amide bonds. The van der Waals surface area contributed by atoms with Crippen molar-refractivity contribution in [3.8, 4) is 0 Å². The normalized spacial score (nSPS) is 17.6. The molecule has 0 saturated heterocycles. The Bertz CT molecular complexity index is 522. The summed E-state index contributed by atoms with van der Waals surface area (Å²) in [6.07, 6.45) is 6.46. The number of para-hydroxylation sites is 1. The van der Waals surface area contributed by atoms with Crippen LogP contribution in [-0.2, 0) is 14.3 Å². The summed E-state index contributed by atoms with van der Waals surface area (Å²) in [5.41, 5.74) is 1.72. The number of benzene rings is 1. The van der Waals surface area contributed by atoms with Gasteiger partial charge in [0.2, 0.25) is 0 Å². The van der Waals surface area contributed by atoms with Crippen molar-refractivity contribution in [1.82, 2.24) is 0 Å². The van der Waals surface area contributed by atoms with Crippen molar-refractivity contribution in [3.63, 3.8) is 0 Å². The van der Waals surface area contributed by atoms with Crippen molar-refractivity contribution < 1.29 is 14.3 Å². The molecular formula is C16H19NO3. The zero-order valence-corrected chi connectivity index (χ0v) is 11.6. The first-order chi connectivity index (χ1) is 9.66. The predicted octanol–water partition coefficient (Wildman–Crippen LogP) is 2.83. The molecule has 1 atom stereocenters. The summed E-state index contributed by atoms with van der Waals surface area (Å²) < 4.78 is 5.07. The van der Waals surface area contributed by atoms with Crippen molar-refractivity contribution in [1.29, 1.82) is 0 Å². The molecule has 0 spiro atoms. The Balaban J connectivity index is 1.79. The van der Waals surface area contributed by atoms with Gasteiger partial charge in [-0.2, -0.15) is 0 Å². The number of carbonyl (C=O) groups excluding carboxylic acids is 2. The van der Waals surface area contributed by atoms with Gasteiger partial charge in [0.25, 0.3) is 5.91 Å². The zero-order valence-electron chi connectivity index (χ0n) is 11.6. The predicted molar refractivity (Wildman–Crippen MR) is 77.2 cm³/mol. The molecule has 0 radical (unpaired) electrons. The van der Waals surface area contributed by atoms with E-state index in [1.165, 1.54) is 0 Å². The van der Waals surface area contributed by atoms with Crippen LogP contribution in [0.25, 0.3) is 0 Å². The number of ether oxygens (including phenoxy) is 1. The van der Waals surface area contributed by atoms with Crippen LogP contribution in [0.3, 0.4) is 0 Å². The van der Waals surface area contributed by atoms with Crippen molar-refractivity contribution in [3.05, 3.63) is 42.0 Å². The fourth-order valence-electron chi connectivity index (χ4n) is 2.16. The lowest BCUT2D eigenvalue weighted by molar-refractivity contribution is -0.151. The highest BCUT2D eigenvalue weighted by atomic mass is 16.5. The molecule has 106 valence electrons. The Labute approximate surface area is 118 Å². The lowest BCUT2D eigenvalue weighted by Crippen LogP contribution is -2.25. The highest BCUT2D eigenvalue weighted by molar-refractivity contribution is 5.93. The summed E-state index contributed by atoms with van der Waals surface area (Å²) in [6, 6.07) is 7.49. The molecule has 4 nitrogen and oxygen atoms in total. The summed E-state index contributed by atoms with van der Waals surface area (Å²) >= 11 is 0. The van der Waals surface area contributed by atoms with Crippen LogP contribution >= 0.6 is 0 Å². The van der Waals surface area contributed by atoms with Crippen LogP contribution < -0.4 is 5.32 Å². The average Bonchev–Trinajstić information content (AvgIpc) is 2.48. The summed E-state index contributed by atoms with van der Waals surface area (Å²) in [5.74, 6) is -0.695. The van der Waals surface area contributed by atoms with Crippen LogP contribution in [0, 0.1) is 12.8 Å². The van der Waals surface area contributed by atoms with E-state index < -0.39 is 0 Å². The maximum Gasteiger partial charge on any atom is 0.309 e. The molecule has 4 heteroatoms. The highest BCUT2D eigenvalue weighted by Gasteiger charge is 2.20. The van der Waals surface area contributed by atoms with Crippen molar-refractivity contribution >= 4 is 17.6 Å². The van der Waals surface area contributed by atoms with E-state index in [-0.39, 0.29) is 24.4 Å². The quantitative estimate of drug-likeness (QED) is 0.678. The molecular weight excluding hydrogens is 254 g/mol. The molecule has 0 aliphatic heterocycles. The smallest absolute Gasteiger partial charge is 0.309 e. The second kappa shape index (κ2) is 6.89. The van der Waals surface area contributed by atoms with E-state index in [2.05, 4.69) is 11.4 Å². The monoisotopic (exact) mass is 273 g/mol. The molecule has 2 rings (SSSR count). The first kappa shape index (κ1) is 14.3. The van der Waals surface area contributed by atoms with E-state index >= 15 is 0 Å². The minimum Gasteiger partial charge on any atom is -0.455 e. The minimum absolute atomic E-state index is 0.105. The van der Waals surface area contributed by atoms with Gasteiger partial charge in [0.15, 0.2) is 6.61 Å². The fourth-order valence-corrected chi connectivity index (χ4v) is 2.16. The summed E-state index contributed by atoms with van der Waals surface area (Å²) in [4.78, 5) is 23.5. The number of nitrogens with one attached hydrogen (secondary N) is 1. The van der Waals surface area contributed by atoms with Gasteiger partial charge in [-0.25, -0.2) is 0 Å². The molecule has 0 aromatic heterocycles. The Morgan fingerprint density at radius 3 is 2.80 bits per heavy atom. The van der Waals surface area contributed by atoms with Gasteiger partial charge in [0.05, 0.1) is 5.92 Å². The van der Waals surface area contributed by atoms with E-state index in [0.717, 1.165) is 24.1 Å². The van der Waals surface area contributed by atoms with Crippen molar-refractivity contribution in [2.75, 3.05) is 11.9 Å². The Morgan fingerprint density at radius 2 is 2.10 bits per heavy atom. The number of anilines is 1. The van der Waals surface area contributed by atoms with Gasteiger partial charge in [-0.05, 0) is 37.8 Å². The van der Waals surface area contributed by atoms with Gasteiger partial charge in [0, 0.05) is 5.69 Å². The van der Waals surface area contributed by atoms with Crippen molar-refractivity contribution in [2.45, 2.75) is 26.2 Å². The second-order valence-corrected chi connectivity index (χ2v) is 4.95. The number of aryl methyl sites for hydroxylation is 1. The van der Waals surface area contributed by atoms with E-state index in [1.54, 1.807) is 0 Å². The standard InChI is InChI=1S/C16H19NO3/c1-12-7-5-6-10-14(12)17-15(18)11-20-16(19)13-8-3-2-4-9-13/h2-3,5-7,10,13H,4,8-9,11H2,1H3,(H,17,18)/t13-/m0/s1. The molecule has 1 aliphatic carbocycles. The van der Waals surface area contributed by atoms with Gasteiger partial charge in [-0.15, -0.1) is 0 Å². The third-order valence-corrected chi connectivity index (χ3v) is 3.37. The topological polar surface area (TPSA) is 55.4 Å². The van der Waals surface area contributed by atoms with Gasteiger partial charge in [0.1, 0.15) is 0 Å². The van der Waals surface area contributed by atoms with E-state index in [0.29, 0.717) is 6.42 Å². The molecule has 0 bridgehead atoms.